The second-order valence-corrected chi connectivity index (χ2v) is 5.71. The molecule has 0 bridgehead atoms. The smallest absolute Gasteiger partial charge is 0.221 e. The third kappa shape index (κ3) is 7.99. The topological polar surface area (TPSA) is 53.6 Å². The zero-order valence-electron chi connectivity index (χ0n) is 13.7. The normalized spacial score (nSPS) is 17.1. The highest BCUT2D eigenvalue weighted by molar-refractivity contribution is 5.85. The summed E-state index contributed by atoms with van der Waals surface area (Å²) in [7, 11) is 4.09. The Morgan fingerprint density at radius 2 is 2.00 bits per heavy atom. The molecule has 5 nitrogen and oxygen atoms in total. The van der Waals surface area contributed by atoms with Gasteiger partial charge in [-0.3, -0.25) is 4.79 Å². The van der Waals surface area contributed by atoms with Gasteiger partial charge in [0.2, 0.25) is 5.91 Å². The van der Waals surface area contributed by atoms with E-state index in [1.807, 2.05) is 26.2 Å². The van der Waals surface area contributed by atoms with Crippen LogP contribution < -0.4 is 10.6 Å². The molecule has 2 N–H and O–H groups in total. The Morgan fingerprint density at radius 3 is 2.61 bits per heavy atom. The minimum atomic E-state index is 0. The molecule has 2 rings (SSSR count). The van der Waals surface area contributed by atoms with E-state index in [1.54, 1.807) is 0 Å². The number of amides is 1. The third-order valence-electron chi connectivity index (χ3n) is 3.51. The lowest BCUT2D eigenvalue weighted by Crippen LogP contribution is -2.44. The summed E-state index contributed by atoms with van der Waals surface area (Å²) in [6.07, 6.45) is 0.468. The Bertz CT molecular complexity index is 466. The molecule has 0 spiro atoms. The highest BCUT2D eigenvalue weighted by atomic mass is 35.5. The fourth-order valence-corrected chi connectivity index (χ4v) is 2.47. The van der Waals surface area contributed by atoms with Crippen LogP contribution in [0.5, 0.6) is 0 Å². The average Bonchev–Trinajstić information content (AvgIpc) is 2.47. The number of morpholine rings is 1. The largest absolute Gasteiger partial charge is 0.378 e. The molecule has 0 saturated carbocycles. The maximum absolute atomic E-state index is 12.0. The summed E-state index contributed by atoms with van der Waals surface area (Å²) in [6.45, 7) is 3.63. The SMILES string of the molecule is CN(C)Cc1ccccc1CNC(=O)CC1COCCN1.Cl.Cl. The van der Waals surface area contributed by atoms with Gasteiger partial charge in [-0.1, -0.05) is 24.3 Å². The molecule has 0 aliphatic carbocycles. The molecule has 1 unspecified atom stereocenters. The number of halogens is 2. The van der Waals surface area contributed by atoms with Crippen LogP contribution in [-0.4, -0.2) is 50.7 Å². The van der Waals surface area contributed by atoms with E-state index in [9.17, 15) is 4.79 Å². The Hall–Kier alpha value is -0.850. The van der Waals surface area contributed by atoms with Crippen molar-refractivity contribution in [3.05, 3.63) is 35.4 Å². The van der Waals surface area contributed by atoms with Crippen molar-refractivity contribution in [2.24, 2.45) is 0 Å². The van der Waals surface area contributed by atoms with Crippen LogP contribution in [0.25, 0.3) is 0 Å². The van der Waals surface area contributed by atoms with Crippen molar-refractivity contribution in [2.75, 3.05) is 33.9 Å². The molecule has 1 saturated heterocycles. The first kappa shape index (κ1) is 22.1. The third-order valence-corrected chi connectivity index (χ3v) is 3.51. The number of nitrogens with one attached hydrogen (secondary N) is 2. The predicted octanol–water partition coefficient (Wildman–Crippen LogP) is 1.59. The molecule has 1 fully saturated rings. The zero-order valence-corrected chi connectivity index (χ0v) is 15.3. The molecule has 1 aliphatic rings. The number of hydrogen-bond acceptors (Lipinski definition) is 4. The standard InChI is InChI=1S/C16H25N3O2.2ClH/c1-19(2)11-14-6-4-3-5-13(14)10-18-16(20)9-15-12-21-8-7-17-15;;/h3-6,15,17H,7-12H2,1-2H3,(H,18,20);2*1H. The van der Waals surface area contributed by atoms with Crippen LogP contribution in [0.4, 0.5) is 0 Å². The van der Waals surface area contributed by atoms with Gasteiger partial charge in [0.25, 0.3) is 0 Å². The Balaban J connectivity index is 0.00000242. The Kier molecular flexibility index (Phi) is 11.2. The summed E-state index contributed by atoms with van der Waals surface area (Å²) in [5, 5.41) is 6.30. The molecule has 0 radical (unpaired) electrons. The summed E-state index contributed by atoms with van der Waals surface area (Å²) in [4.78, 5) is 14.1. The van der Waals surface area contributed by atoms with Crippen LogP contribution in [0.1, 0.15) is 17.5 Å². The molecule has 7 heteroatoms. The first-order chi connectivity index (χ1) is 10.1. The van der Waals surface area contributed by atoms with E-state index in [0.29, 0.717) is 19.6 Å². The average molecular weight is 364 g/mol. The number of carbonyl (C=O) groups is 1. The molecule has 0 aromatic heterocycles. The minimum Gasteiger partial charge on any atom is -0.378 e. The molecule has 1 amide bonds. The number of hydrogen-bond donors (Lipinski definition) is 2. The van der Waals surface area contributed by atoms with Crippen molar-refractivity contribution in [2.45, 2.75) is 25.6 Å². The van der Waals surface area contributed by atoms with E-state index in [1.165, 1.54) is 11.1 Å². The van der Waals surface area contributed by atoms with E-state index < -0.39 is 0 Å². The van der Waals surface area contributed by atoms with Gasteiger partial charge in [-0.05, 0) is 25.2 Å². The molecule has 132 valence electrons. The lowest BCUT2D eigenvalue weighted by atomic mass is 10.1. The number of benzene rings is 1. The Morgan fingerprint density at radius 1 is 1.30 bits per heavy atom. The summed E-state index contributed by atoms with van der Waals surface area (Å²) in [6, 6.07) is 8.36. The number of rotatable bonds is 6. The maximum atomic E-state index is 12.0. The first-order valence-electron chi connectivity index (χ1n) is 7.44. The van der Waals surface area contributed by atoms with Crippen molar-refractivity contribution in [3.63, 3.8) is 0 Å². The first-order valence-corrected chi connectivity index (χ1v) is 7.44. The van der Waals surface area contributed by atoms with Gasteiger partial charge in [-0.2, -0.15) is 0 Å². The van der Waals surface area contributed by atoms with E-state index in [4.69, 9.17) is 4.74 Å². The lowest BCUT2D eigenvalue weighted by molar-refractivity contribution is -0.122. The molecular formula is C16H27Cl2N3O2. The van der Waals surface area contributed by atoms with Gasteiger partial charge < -0.3 is 20.3 Å². The molecular weight excluding hydrogens is 337 g/mol. The quantitative estimate of drug-likeness (QED) is 0.805. The van der Waals surface area contributed by atoms with Gasteiger partial charge in [0.15, 0.2) is 0 Å². The second kappa shape index (κ2) is 11.6. The van der Waals surface area contributed by atoms with Crippen molar-refractivity contribution < 1.29 is 9.53 Å². The van der Waals surface area contributed by atoms with Gasteiger partial charge in [0.05, 0.1) is 13.2 Å². The van der Waals surface area contributed by atoms with Crippen LogP contribution >= 0.6 is 24.8 Å². The highest BCUT2D eigenvalue weighted by Crippen LogP contribution is 2.10. The van der Waals surface area contributed by atoms with Crippen LogP contribution in [-0.2, 0) is 22.6 Å². The number of nitrogens with zero attached hydrogens (tertiary/aromatic N) is 1. The zero-order chi connectivity index (χ0) is 15.1. The number of carbonyl (C=O) groups excluding carboxylic acids is 1. The van der Waals surface area contributed by atoms with Crippen LogP contribution in [0, 0.1) is 0 Å². The predicted molar refractivity (Wildman–Crippen MR) is 97.4 cm³/mol. The maximum Gasteiger partial charge on any atom is 0.221 e. The summed E-state index contributed by atoms with van der Waals surface area (Å²) >= 11 is 0. The highest BCUT2D eigenvalue weighted by Gasteiger charge is 2.16. The summed E-state index contributed by atoms with van der Waals surface area (Å²) < 4.78 is 5.36. The fraction of sp³-hybridized carbons (Fsp3) is 0.562. The summed E-state index contributed by atoms with van der Waals surface area (Å²) in [5.41, 5.74) is 2.43. The molecule has 1 aromatic carbocycles. The monoisotopic (exact) mass is 363 g/mol. The molecule has 1 aromatic rings. The van der Waals surface area contributed by atoms with Gasteiger partial charge in [-0.25, -0.2) is 0 Å². The van der Waals surface area contributed by atoms with Crippen LogP contribution in [0.2, 0.25) is 0 Å². The molecule has 23 heavy (non-hydrogen) atoms. The van der Waals surface area contributed by atoms with Crippen molar-refractivity contribution in [3.8, 4) is 0 Å². The van der Waals surface area contributed by atoms with Gasteiger partial charge in [0.1, 0.15) is 0 Å². The molecule has 1 heterocycles. The van der Waals surface area contributed by atoms with E-state index in [-0.39, 0.29) is 36.8 Å². The van der Waals surface area contributed by atoms with E-state index >= 15 is 0 Å². The number of ether oxygens (including phenoxy) is 1. The Labute approximate surface area is 151 Å². The van der Waals surface area contributed by atoms with Crippen molar-refractivity contribution in [1.29, 1.82) is 0 Å². The molecule has 1 atom stereocenters. The second-order valence-electron chi connectivity index (χ2n) is 5.71. The van der Waals surface area contributed by atoms with Gasteiger partial charge in [0, 0.05) is 32.1 Å². The molecule has 1 aliphatic heterocycles. The van der Waals surface area contributed by atoms with Gasteiger partial charge in [-0.15, -0.1) is 24.8 Å². The summed E-state index contributed by atoms with van der Waals surface area (Å²) in [5.74, 6) is 0.0673. The van der Waals surface area contributed by atoms with Crippen LogP contribution in [0.3, 0.4) is 0 Å². The minimum absolute atomic E-state index is 0. The van der Waals surface area contributed by atoms with Gasteiger partial charge >= 0.3 is 0 Å². The van der Waals surface area contributed by atoms with E-state index in [2.05, 4.69) is 27.7 Å². The fourth-order valence-electron chi connectivity index (χ4n) is 2.47. The van der Waals surface area contributed by atoms with Crippen LogP contribution in [0.15, 0.2) is 24.3 Å². The lowest BCUT2D eigenvalue weighted by Gasteiger charge is -2.23. The van der Waals surface area contributed by atoms with Crippen molar-refractivity contribution in [1.82, 2.24) is 15.5 Å². The van der Waals surface area contributed by atoms with Crippen molar-refractivity contribution >= 4 is 30.7 Å². The van der Waals surface area contributed by atoms with E-state index in [0.717, 1.165) is 19.7 Å².